The Balaban J connectivity index is 0. The minimum Gasteiger partial charge on any atom is -0.481 e. The molecule has 0 aliphatic rings. The Bertz CT molecular complexity index is 414. The van der Waals surface area contributed by atoms with E-state index in [2.05, 4.69) is 5.32 Å². The van der Waals surface area contributed by atoms with Crippen LogP contribution in [0.2, 0.25) is 0 Å². The van der Waals surface area contributed by atoms with Crippen LogP contribution >= 0.6 is 12.4 Å². The van der Waals surface area contributed by atoms with E-state index in [1.54, 1.807) is 0 Å². The SMILES string of the molecule is C[N+](C)(C)C[C@@H](CC(=O)O)OC(=O)CN[C@@H](CCCN)C(=O)O.Cl. The number of halogens is 1. The largest absolute Gasteiger partial charge is 0.481 e. The van der Waals surface area contributed by atoms with Crippen LogP contribution < -0.4 is 11.1 Å². The molecular formula is C14H29ClN3O6+. The molecule has 0 unspecified atom stereocenters. The van der Waals surface area contributed by atoms with Gasteiger partial charge in [-0.15, -0.1) is 12.4 Å². The van der Waals surface area contributed by atoms with Crippen molar-refractivity contribution in [3.05, 3.63) is 0 Å². The fourth-order valence-electron chi connectivity index (χ4n) is 2.02. The lowest BCUT2D eigenvalue weighted by atomic mass is 10.1. The maximum atomic E-state index is 11.8. The Labute approximate surface area is 148 Å². The molecule has 142 valence electrons. The van der Waals surface area contributed by atoms with Gasteiger partial charge in [-0.1, -0.05) is 0 Å². The Kier molecular flexibility index (Phi) is 12.4. The molecule has 9 nitrogen and oxygen atoms in total. The van der Waals surface area contributed by atoms with Crippen molar-refractivity contribution in [2.45, 2.75) is 31.4 Å². The van der Waals surface area contributed by atoms with Gasteiger partial charge in [-0.3, -0.25) is 19.7 Å². The van der Waals surface area contributed by atoms with E-state index in [0.717, 1.165) is 0 Å². The number of nitrogens with zero attached hydrogens (tertiary/aromatic N) is 1. The van der Waals surface area contributed by atoms with E-state index in [4.69, 9.17) is 20.7 Å². The lowest BCUT2D eigenvalue weighted by Crippen LogP contribution is -2.45. The molecule has 0 saturated heterocycles. The summed E-state index contributed by atoms with van der Waals surface area (Å²) in [4.78, 5) is 33.7. The molecule has 24 heavy (non-hydrogen) atoms. The number of rotatable bonds is 12. The zero-order chi connectivity index (χ0) is 18.0. The van der Waals surface area contributed by atoms with Crippen molar-refractivity contribution in [2.24, 2.45) is 5.73 Å². The number of hydrogen-bond acceptors (Lipinski definition) is 6. The van der Waals surface area contributed by atoms with Crippen molar-refractivity contribution in [1.82, 2.24) is 5.32 Å². The number of ether oxygens (including phenoxy) is 1. The molecule has 0 amide bonds. The number of hydrogen-bond donors (Lipinski definition) is 4. The van der Waals surface area contributed by atoms with Crippen LogP contribution in [0.3, 0.4) is 0 Å². The van der Waals surface area contributed by atoms with Crippen molar-refractivity contribution >= 4 is 30.3 Å². The molecule has 0 radical (unpaired) electrons. The molecule has 10 heteroatoms. The summed E-state index contributed by atoms with van der Waals surface area (Å²) in [6.07, 6.45) is -0.246. The highest BCUT2D eigenvalue weighted by Crippen LogP contribution is 2.05. The highest BCUT2D eigenvalue weighted by molar-refractivity contribution is 5.85. The summed E-state index contributed by atoms with van der Waals surface area (Å²) in [5.41, 5.74) is 5.33. The smallest absolute Gasteiger partial charge is 0.320 e. The lowest BCUT2D eigenvalue weighted by Gasteiger charge is -2.28. The summed E-state index contributed by atoms with van der Waals surface area (Å²) in [6.45, 7) is 0.405. The third-order valence-corrected chi connectivity index (χ3v) is 2.94. The van der Waals surface area contributed by atoms with Crippen LogP contribution in [0.1, 0.15) is 19.3 Å². The molecule has 0 fully saturated rings. The third kappa shape index (κ3) is 13.1. The fraction of sp³-hybridized carbons (Fsp3) is 0.786. The van der Waals surface area contributed by atoms with Crippen LogP contribution in [0.25, 0.3) is 0 Å². The molecule has 0 rings (SSSR count). The van der Waals surface area contributed by atoms with Gasteiger partial charge in [0, 0.05) is 0 Å². The lowest BCUT2D eigenvalue weighted by molar-refractivity contribution is -0.873. The first-order valence-corrected chi connectivity index (χ1v) is 7.43. The molecule has 0 aliphatic carbocycles. The Hall–Kier alpha value is -1.42. The van der Waals surface area contributed by atoms with Gasteiger partial charge in [-0.05, 0) is 19.4 Å². The van der Waals surface area contributed by atoms with Crippen molar-refractivity contribution in [2.75, 3.05) is 40.8 Å². The number of carboxylic acid groups (broad SMARTS) is 2. The van der Waals surface area contributed by atoms with Gasteiger partial charge in [0.2, 0.25) is 0 Å². The number of carbonyl (C=O) groups excluding carboxylic acids is 1. The predicted molar refractivity (Wildman–Crippen MR) is 90.0 cm³/mol. The van der Waals surface area contributed by atoms with E-state index in [1.807, 2.05) is 21.1 Å². The maximum Gasteiger partial charge on any atom is 0.320 e. The topological polar surface area (TPSA) is 139 Å². The summed E-state index contributed by atoms with van der Waals surface area (Å²) in [7, 11) is 5.57. The predicted octanol–water partition coefficient (Wildman–Crippen LogP) is -0.717. The van der Waals surface area contributed by atoms with E-state index in [9.17, 15) is 14.4 Å². The zero-order valence-electron chi connectivity index (χ0n) is 14.4. The molecule has 0 saturated carbocycles. The summed E-state index contributed by atoms with van der Waals surface area (Å²) in [5, 5.41) is 20.5. The highest BCUT2D eigenvalue weighted by Gasteiger charge is 2.25. The molecule has 0 aromatic carbocycles. The Morgan fingerprint density at radius 3 is 2.21 bits per heavy atom. The minimum absolute atomic E-state index is 0. The summed E-state index contributed by atoms with van der Waals surface area (Å²) < 4.78 is 5.59. The van der Waals surface area contributed by atoms with Gasteiger partial charge in [0.05, 0.1) is 34.1 Å². The van der Waals surface area contributed by atoms with Gasteiger partial charge in [0.1, 0.15) is 12.6 Å². The molecule has 2 atom stereocenters. The second-order valence-electron chi connectivity index (χ2n) is 6.39. The van der Waals surface area contributed by atoms with E-state index in [-0.39, 0.29) is 25.4 Å². The van der Waals surface area contributed by atoms with Crippen LogP contribution in [0, 0.1) is 0 Å². The van der Waals surface area contributed by atoms with E-state index < -0.39 is 30.1 Å². The monoisotopic (exact) mass is 370 g/mol. The Morgan fingerprint density at radius 1 is 1.21 bits per heavy atom. The number of nitrogens with two attached hydrogens (primary N) is 1. The van der Waals surface area contributed by atoms with Gasteiger partial charge >= 0.3 is 17.9 Å². The van der Waals surface area contributed by atoms with E-state index in [0.29, 0.717) is 30.4 Å². The van der Waals surface area contributed by atoms with Crippen LogP contribution in [0.15, 0.2) is 0 Å². The van der Waals surface area contributed by atoms with Crippen molar-refractivity contribution in [3.63, 3.8) is 0 Å². The van der Waals surface area contributed by atoms with Crippen LogP contribution in [0.4, 0.5) is 0 Å². The quantitative estimate of drug-likeness (QED) is 0.261. The van der Waals surface area contributed by atoms with E-state index >= 15 is 0 Å². The summed E-state index contributed by atoms with van der Waals surface area (Å²) in [6, 6.07) is -0.887. The van der Waals surface area contributed by atoms with Gasteiger partial charge in [-0.25, -0.2) is 0 Å². The van der Waals surface area contributed by atoms with Crippen LogP contribution in [-0.4, -0.2) is 85.5 Å². The van der Waals surface area contributed by atoms with Gasteiger partial charge < -0.3 is 25.2 Å². The molecule has 0 aliphatic heterocycles. The number of esters is 1. The first-order chi connectivity index (χ1) is 10.5. The van der Waals surface area contributed by atoms with Gasteiger partial charge in [0.25, 0.3) is 0 Å². The van der Waals surface area contributed by atoms with Crippen molar-refractivity contribution in [3.8, 4) is 0 Å². The first-order valence-electron chi connectivity index (χ1n) is 7.43. The number of quaternary nitrogens is 1. The molecule has 0 spiro atoms. The molecule has 0 bridgehead atoms. The number of carbonyl (C=O) groups is 3. The standard InChI is InChI=1S/C14H27N3O6.ClH/c1-17(2,3)9-10(7-12(18)19)23-13(20)8-16-11(14(21)22)5-4-6-15;/h10-11,16H,4-9,15H2,1-3H3,(H-,18,19,21,22);1H/p+1/t10-,11+;/m1./s1. The van der Waals surface area contributed by atoms with Crippen LogP contribution in [-0.2, 0) is 19.1 Å². The molecule has 0 heterocycles. The normalized spacial score (nSPS) is 13.5. The average molecular weight is 371 g/mol. The highest BCUT2D eigenvalue weighted by atomic mass is 35.5. The fourth-order valence-corrected chi connectivity index (χ4v) is 2.02. The first kappa shape index (κ1) is 24.8. The average Bonchev–Trinajstić information content (AvgIpc) is 2.35. The van der Waals surface area contributed by atoms with Crippen molar-refractivity contribution < 1.29 is 33.8 Å². The minimum atomic E-state index is -1.07. The van der Waals surface area contributed by atoms with Crippen LogP contribution in [0.5, 0.6) is 0 Å². The number of aliphatic carboxylic acids is 2. The van der Waals surface area contributed by atoms with Gasteiger partial charge in [-0.2, -0.15) is 0 Å². The molecule has 0 aromatic rings. The number of nitrogens with one attached hydrogen (secondary N) is 1. The van der Waals surface area contributed by atoms with Crippen molar-refractivity contribution in [1.29, 1.82) is 0 Å². The summed E-state index contributed by atoms with van der Waals surface area (Å²) in [5.74, 6) is -2.81. The maximum absolute atomic E-state index is 11.8. The molecular weight excluding hydrogens is 342 g/mol. The van der Waals surface area contributed by atoms with Gasteiger partial charge in [0.15, 0.2) is 6.10 Å². The Morgan fingerprint density at radius 2 is 1.79 bits per heavy atom. The van der Waals surface area contributed by atoms with E-state index in [1.165, 1.54) is 0 Å². The number of carboxylic acids is 2. The molecule has 0 aromatic heterocycles. The number of likely N-dealkylation sites (N-methyl/N-ethyl adjacent to an activating group) is 1. The zero-order valence-corrected chi connectivity index (χ0v) is 15.2. The second kappa shape index (κ2) is 12.0. The summed E-state index contributed by atoms with van der Waals surface area (Å²) >= 11 is 0. The third-order valence-electron chi connectivity index (χ3n) is 2.94. The molecule has 5 N–H and O–H groups in total. The second-order valence-corrected chi connectivity index (χ2v) is 6.39.